The van der Waals surface area contributed by atoms with Crippen LogP contribution in [0.5, 0.6) is 11.5 Å². The van der Waals surface area contributed by atoms with Crippen LogP contribution in [-0.4, -0.2) is 41.5 Å². The number of aliphatic hydroxyl groups is 1. The summed E-state index contributed by atoms with van der Waals surface area (Å²) in [6.45, 7) is 0.698. The number of methoxy groups -OCH3 is 1. The van der Waals surface area contributed by atoms with E-state index in [1.807, 2.05) is 36.4 Å². The van der Waals surface area contributed by atoms with Gasteiger partial charge in [-0.1, -0.05) is 99.6 Å². The molecule has 0 bridgehead atoms. The van der Waals surface area contributed by atoms with Crippen molar-refractivity contribution in [2.45, 2.75) is 102 Å². The van der Waals surface area contributed by atoms with Gasteiger partial charge in [0.05, 0.1) is 18.8 Å². The fourth-order valence-corrected chi connectivity index (χ4v) is 9.05. The van der Waals surface area contributed by atoms with Crippen LogP contribution in [0, 0.1) is 41.4 Å². The van der Waals surface area contributed by atoms with Crippen molar-refractivity contribution >= 4 is 11.6 Å². The lowest BCUT2D eigenvalue weighted by Gasteiger charge is -2.26. The number of nitrogens with one attached hydrogen (secondary N) is 1. The van der Waals surface area contributed by atoms with Crippen molar-refractivity contribution in [1.29, 1.82) is 0 Å². The van der Waals surface area contributed by atoms with Crippen LogP contribution in [0.3, 0.4) is 0 Å². The standard InChI is InChI=1S/C43H54N2O5/c1-50-40-26-34-16-18-38(46)43(49)42(48)37-24-29(12-8-11-28-9-4-2-5-10-28)21-31(22-30-19-20-45-41(44)25-30)23-33(37)15-17-35(36(34)27-39(40)47)32-13-6-3-7-14-32/h3,6-7,13-14,19,25-29,31,33,35,37,43,45,47,49H,2,4-5,8-12,16,18,20-24,44H2,1H3/t29-,31+,33-,35-,37+,43+/m1/s1. The molecule has 0 spiro atoms. The van der Waals surface area contributed by atoms with Crippen LogP contribution in [0.25, 0.3) is 0 Å². The Balaban J connectivity index is 1.39. The van der Waals surface area contributed by atoms with Crippen LogP contribution in [0.2, 0.25) is 0 Å². The average Bonchev–Trinajstić information content (AvgIpc) is 3.29. The number of aryl methyl sites for hydroxylation is 1. The highest BCUT2D eigenvalue weighted by Crippen LogP contribution is 2.43. The zero-order valence-corrected chi connectivity index (χ0v) is 29.5. The molecule has 0 saturated heterocycles. The molecular weight excluding hydrogens is 624 g/mol. The first kappa shape index (κ1) is 35.8. The largest absolute Gasteiger partial charge is 0.504 e. The quantitative estimate of drug-likeness (QED) is 0.174. The number of carbonyl (C=O) groups is 2. The van der Waals surface area contributed by atoms with Crippen molar-refractivity contribution in [1.82, 2.24) is 5.32 Å². The van der Waals surface area contributed by atoms with Crippen molar-refractivity contribution in [3.8, 4) is 23.3 Å². The van der Waals surface area contributed by atoms with Gasteiger partial charge in [0.15, 0.2) is 29.2 Å². The van der Waals surface area contributed by atoms with Crippen LogP contribution in [-0.2, 0) is 16.0 Å². The number of phenolic OH excluding ortho intramolecular Hbond substituents is 1. The first-order chi connectivity index (χ1) is 24.3. The average molecular weight is 679 g/mol. The zero-order chi connectivity index (χ0) is 35.0. The minimum atomic E-state index is -1.68. The number of fused-ring (bicyclic) bond motifs is 2. The first-order valence-electron chi connectivity index (χ1n) is 18.9. The summed E-state index contributed by atoms with van der Waals surface area (Å²) < 4.78 is 5.43. The van der Waals surface area contributed by atoms with Crippen molar-refractivity contribution in [2.75, 3.05) is 13.7 Å². The maximum Gasteiger partial charge on any atom is 0.173 e. The summed E-state index contributed by atoms with van der Waals surface area (Å²) in [5.41, 5.74) is 9.95. The maximum atomic E-state index is 14.3. The lowest BCUT2D eigenvalue weighted by molar-refractivity contribution is -0.142. The number of rotatable bonds is 8. The van der Waals surface area contributed by atoms with Gasteiger partial charge in [-0.05, 0) is 90.3 Å². The van der Waals surface area contributed by atoms with Crippen LogP contribution >= 0.6 is 0 Å². The first-order valence-corrected chi connectivity index (χ1v) is 18.9. The van der Waals surface area contributed by atoms with E-state index in [-0.39, 0.29) is 35.7 Å². The Morgan fingerprint density at radius 2 is 1.72 bits per heavy atom. The van der Waals surface area contributed by atoms with E-state index < -0.39 is 17.8 Å². The molecule has 7 heteroatoms. The third kappa shape index (κ3) is 8.82. The highest BCUT2D eigenvalue weighted by molar-refractivity contribution is 6.06. The summed E-state index contributed by atoms with van der Waals surface area (Å²) in [6.07, 6.45) is 16.1. The van der Waals surface area contributed by atoms with E-state index in [2.05, 4.69) is 23.2 Å². The summed E-state index contributed by atoms with van der Waals surface area (Å²) in [4.78, 5) is 27.8. The van der Waals surface area contributed by atoms with Crippen LogP contribution in [0.4, 0.5) is 0 Å². The van der Waals surface area contributed by atoms with E-state index in [0.29, 0.717) is 43.3 Å². The Bertz CT molecular complexity index is 1630. The molecule has 50 heavy (non-hydrogen) atoms. The molecule has 2 aromatic carbocycles. The van der Waals surface area contributed by atoms with Crippen molar-refractivity contribution in [3.05, 3.63) is 82.7 Å². The van der Waals surface area contributed by atoms with E-state index in [1.165, 1.54) is 51.2 Å². The van der Waals surface area contributed by atoms with Gasteiger partial charge >= 0.3 is 0 Å². The molecule has 3 aliphatic carbocycles. The van der Waals surface area contributed by atoms with Crippen LogP contribution in [0.15, 0.2) is 66.0 Å². The van der Waals surface area contributed by atoms with E-state index in [1.54, 1.807) is 12.1 Å². The predicted molar refractivity (Wildman–Crippen MR) is 196 cm³/mol. The molecule has 5 N–H and O–H groups in total. The summed E-state index contributed by atoms with van der Waals surface area (Å²) in [5, 5.41) is 25.4. The maximum absolute atomic E-state index is 14.3. The third-order valence-corrected chi connectivity index (χ3v) is 11.7. The van der Waals surface area contributed by atoms with Crippen LogP contribution < -0.4 is 15.8 Å². The minimum Gasteiger partial charge on any atom is -0.504 e. The lowest BCUT2D eigenvalue weighted by atomic mass is 9.77. The summed E-state index contributed by atoms with van der Waals surface area (Å²) >= 11 is 0. The molecule has 0 unspecified atom stereocenters. The summed E-state index contributed by atoms with van der Waals surface area (Å²) in [6, 6.07) is 13.5. The SMILES string of the molecule is COc1cc2c(cc1O)[C@@H](c1ccccc1)C#C[C@@H]1C[C@H](CC3=CCNC(N)=C3)C[C@@H](CCCC3CCCCC3)C[C@@H]1C(=O)[C@@H](O)C(=O)CC2. The Labute approximate surface area is 297 Å². The van der Waals surface area contributed by atoms with Gasteiger partial charge < -0.3 is 26.0 Å². The van der Waals surface area contributed by atoms with Crippen molar-refractivity contribution in [3.63, 3.8) is 0 Å². The number of hydrogen-bond acceptors (Lipinski definition) is 7. The number of hydrogen-bond donors (Lipinski definition) is 4. The van der Waals surface area contributed by atoms with E-state index >= 15 is 0 Å². The highest BCUT2D eigenvalue weighted by Gasteiger charge is 2.40. The molecule has 0 amide bonds. The normalized spacial score (nSPS) is 27.8. The minimum absolute atomic E-state index is 0.00352. The van der Waals surface area contributed by atoms with Gasteiger partial charge in [0, 0.05) is 24.8 Å². The second-order valence-electron chi connectivity index (χ2n) is 15.2. The number of dihydropyridines is 1. The fourth-order valence-electron chi connectivity index (χ4n) is 9.05. The Kier molecular flexibility index (Phi) is 12.0. The Morgan fingerprint density at radius 1 is 0.940 bits per heavy atom. The fraction of sp³-hybridized carbons (Fsp3) is 0.535. The molecule has 6 rings (SSSR count). The third-order valence-electron chi connectivity index (χ3n) is 11.7. The predicted octanol–water partition coefficient (Wildman–Crippen LogP) is 7.10. The number of aliphatic hydroxyl groups excluding tert-OH is 1. The summed E-state index contributed by atoms with van der Waals surface area (Å²) in [5.74, 6) is 7.49. The number of benzene rings is 2. The molecule has 266 valence electrons. The molecule has 7 nitrogen and oxygen atoms in total. The van der Waals surface area contributed by atoms with E-state index in [0.717, 1.165) is 48.3 Å². The Morgan fingerprint density at radius 3 is 2.48 bits per heavy atom. The molecule has 2 aromatic rings. The van der Waals surface area contributed by atoms with Gasteiger partial charge in [0.1, 0.15) is 0 Å². The molecule has 1 heterocycles. The molecule has 0 radical (unpaired) electrons. The molecule has 1 aliphatic heterocycles. The van der Waals surface area contributed by atoms with E-state index in [4.69, 9.17) is 10.5 Å². The molecule has 6 atom stereocenters. The van der Waals surface area contributed by atoms with E-state index in [9.17, 15) is 19.8 Å². The van der Waals surface area contributed by atoms with Gasteiger partial charge in [-0.3, -0.25) is 9.59 Å². The number of aromatic hydroxyl groups is 1. The highest BCUT2D eigenvalue weighted by atomic mass is 16.5. The summed E-state index contributed by atoms with van der Waals surface area (Å²) in [7, 11) is 1.49. The second kappa shape index (κ2) is 16.8. The number of ketones is 2. The molecule has 4 aliphatic rings. The molecule has 0 aromatic heterocycles. The van der Waals surface area contributed by atoms with Crippen molar-refractivity contribution in [2.24, 2.45) is 35.3 Å². The van der Waals surface area contributed by atoms with Crippen LogP contribution in [0.1, 0.15) is 106 Å². The molecule has 2 saturated carbocycles. The monoisotopic (exact) mass is 678 g/mol. The number of allylic oxidation sites excluding steroid dienone is 2. The Hall–Kier alpha value is -4.02. The van der Waals surface area contributed by atoms with Gasteiger partial charge in [0.2, 0.25) is 0 Å². The molecular formula is C43H54N2O5. The molecule has 2 fully saturated rings. The van der Waals surface area contributed by atoms with Gasteiger partial charge in [-0.15, -0.1) is 0 Å². The smallest absolute Gasteiger partial charge is 0.173 e. The van der Waals surface area contributed by atoms with Gasteiger partial charge in [0.25, 0.3) is 0 Å². The number of ether oxygens (including phenoxy) is 1. The van der Waals surface area contributed by atoms with Gasteiger partial charge in [-0.25, -0.2) is 0 Å². The van der Waals surface area contributed by atoms with Crippen molar-refractivity contribution < 1.29 is 24.5 Å². The number of phenols is 1. The number of carbonyl (C=O) groups excluding carboxylic acids is 2. The second-order valence-corrected chi connectivity index (χ2v) is 15.2. The number of Topliss-reactive ketones (excluding diaryl/α,β-unsaturated/α-hetero) is 2. The lowest BCUT2D eigenvalue weighted by Crippen LogP contribution is -2.38. The topological polar surface area (TPSA) is 122 Å². The zero-order valence-electron chi connectivity index (χ0n) is 29.5. The number of nitrogens with two attached hydrogens (primary N) is 1. The van der Waals surface area contributed by atoms with Gasteiger partial charge in [-0.2, -0.15) is 0 Å².